The predicted molar refractivity (Wildman–Crippen MR) is 172 cm³/mol. The third-order valence-corrected chi connectivity index (χ3v) is 6.90. The van der Waals surface area contributed by atoms with E-state index in [0.717, 1.165) is 12.8 Å². The number of nitriles is 1. The zero-order chi connectivity index (χ0) is 31.4. The van der Waals surface area contributed by atoms with E-state index in [-0.39, 0.29) is 18.2 Å². The van der Waals surface area contributed by atoms with Crippen LogP contribution in [-0.2, 0) is 16.1 Å². The lowest BCUT2D eigenvalue weighted by Crippen LogP contribution is -2.21. The van der Waals surface area contributed by atoms with Crippen LogP contribution < -0.4 is 25.4 Å². The molecule has 43 heavy (non-hydrogen) atoms. The molecule has 0 radical (unpaired) electrons. The van der Waals surface area contributed by atoms with E-state index in [2.05, 4.69) is 22.9 Å². The number of carbonyl (C=O) groups excluding carboxylic acids is 1. The molecule has 1 amide bonds. The Hall–Kier alpha value is -3.89. The fourth-order valence-corrected chi connectivity index (χ4v) is 4.76. The number of hydrogen-bond acceptors (Lipinski definition) is 7. The Morgan fingerprint density at radius 1 is 1.07 bits per heavy atom. The molecule has 3 rings (SSSR count). The molecular weight excluding hydrogens is 666 g/mol. The van der Waals surface area contributed by atoms with E-state index in [1.54, 1.807) is 67.7 Å². The number of benzene rings is 3. The number of carboxylic acids is 1. The number of amides is 1. The molecule has 228 valence electrons. The molecule has 2 unspecified atom stereocenters. The number of ether oxygens (including phenoxy) is 2. The highest BCUT2D eigenvalue weighted by molar-refractivity contribution is 14.1. The lowest BCUT2D eigenvalue weighted by molar-refractivity contribution is -0.138. The Bertz CT molecular complexity index is 1430. The van der Waals surface area contributed by atoms with Gasteiger partial charge in [-0.3, -0.25) is 4.79 Å². The summed E-state index contributed by atoms with van der Waals surface area (Å²) in [5.41, 5.74) is 3.48. The van der Waals surface area contributed by atoms with Crippen molar-refractivity contribution < 1.29 is 28.6 Å². The first-order valence-corrected chi connectivity index (χ1v) is 15.2. The summed E-state index contributed by atoms with van der Waals surface area (Å²) in [6.45, 7) is 4.87. The summed E-state index contributed by atoms with van der Waals surface area (Å²) < 4.78 is 23.2. The molecule has 0 aliphatic heterocycles. The van der Waals surface area contributed by atoms with Crippen molar-refractivity contribution in [1.29, 1.82) is 5.26 Å². The van der Waals surface area contributed by atoms with Gasteiger partial charge in [0.25, 0.3) is 4.36 Å². The molecular formula is C32H36FIN4O5. The summed E-state index contributed by atoms with van der Waals surface area (Å²) in [5, 5.41) is 28.0. The van der Waals surface area contributed by atoms with E-state index >= 15 is 0 Å². The van der Waals surface area contributed by atoms with Crippen LogP contribution in [0.25, 0.3) is 0 Å². The molecule has 0 aliphatic carbocycles. The topological polar surface area (TPSA) is 133 Å². The molecule has 3 aromatic rings. The molecule has 3 aromatic carbocycles. The number of nitrogens with zero attached hydrogens (tertiary/aromatic N) is 1. The molecule has 0 saturated heterocycles. The van der Waals surface area contributed by atoms with Crippen molar-refractivity contribution >= 4 is 45.8 Å². The van der Waals surface area contributed by atoms with Gasteiger partial charge in [-0.15, -0.1) is 0 Å². The van der Waals surface area contributed by atoms with E-state index < -0.39 is 16.4 Å². The van der Waals surface area contributed by atoms with Crippen LogP contribution in [0.2, 0.25) is 0 Å². The summed E-state index contributed by atoms with van der Waals surface area (Å²) in [6.07, 6.45) is 1.90. The molecule has 9 nitrogen and oxygen atoms in total. The number of nitrogens with one attached hydrogen (secondary N) is 3. The number of carbonyl (C=O) groups is 2. The summed E-state index contributed by atoms with van der Waals surface area (Å²) in [5.74, 6) is -0.657. The standard InChI is InChI=1S/C32H36FIN4O5/c1-4-5-14-42-28-12-8-22(30(31(40)41)38-24-9-6-21(18-35)7-10-24)17-26(28)20(2)15-29(39)37-25-11-13-27(43-32(33)34)23(16-25)19-36-3/h6-13,16-17,20,30,32,36,38H,4-5,14-15,19H2,1-3H3,(H,37,39)(H,40,41)/t20-,30?,32?/m1/s1. The van der Waals surface area contributed by atoms with Gasteiger partial charge in [0.15, 0.2) is 6.04 Å². The van der Waals surface area contributed by atoms with Crippen LogP contribution in [0.5, 0.6) is 11.5 Å². The van der Waals surface area contributed by atoms with E-state index in [1.807, 2.05) is 13.0 Å². The first-order valence-electron chi connectivity index (χ1n) is 13.9. The molecule has 0 saturated carbocycles. The van der Waals surface area contributed by atoms with E-state index in [9.17, 15) is 19.1 Å². The van der Waals surface area contributed by atoms with Crippen molar-refractivity contribution in [3.8, 4) is 17.6 Å². The minimum atomic E-state index is -1.50. The van der Waals surface area contributed by atoms with Crippen LogP contribution in [0.3, 0.4) is 0 Å². The average molecular weight is 703 g/mol. The van der Waals surface area contributed by atoms with Gasteiger partial charge in [0.1, 0.15) is 11.5 Å². The highest BCUT2D eigenvalue weighted by Gasteiger charge is 2.24. The maximum atomic E-state index is 13.4. The largest absolute Gasteiger partial charge is 0.493 e. The number of unbranched alkanes of at least 4 members (excludes halogenated alkanes) is 1. The zero-order valence-electron chi connectivity index (χ0n) is 24.3. The van der Waals surface area contributed by atoms with Gasteiger partial charge in [-0.05, 0) is 85.1 Å². The van der Waals surface area contributed by atoms with Crippen LogP contribution in [0.15, 0.2) is 60.7 Å². The van der Waals surface area contributed by atoms with Crippen molar-refractivity contribution in [2.75, 3.05) is 24.3 Å². The second-order valence-corrected chi connectivity index (χ2v) is 11.0. The molecule has 0 heterocycles. The normalized spacial score (nSPS) is 12.8. The number of anilines is 2. The van der Waals surface area contributed by atoms with Gasteiger partial charge in [-0.2, -0.15) is 9.65 Å². The monoisotopic (exact) mass is 702 g/mol. The van der Waals surface area contributed by atoms with Crippen molar-refractivity contribution in [3.63, 3.8) is 0 Å². The van der Waals surface area contributed by atoms with Crippen LogP contribution in [-0.4, -0.2) is 35.0 Å². The number of rotatable bonds is 16. The molecule has 0 spiro atoms. The van der Waals surface area contributed by atoms with Gasteiger partial charge in [0, 0.05) is 52.5 Å². The fraction of sp³-hybridized carbons (Fsp3) is 0.344. The fourth-order valence-electron chi connectivity index (χ4n) is 4.48. The Balaban J connectivity index is 1.84. The SMILES string of the molecule is CCCCOc1ccc(C(Nc2ccc(C#N)cc2)C(=O)O)cc1[C@H](C)CC(=O)Nc1ccc(OC(F)I)c(CNC)c1. The molecule has 0 bridgehead atoms. The Kier molecular flexibility index (Phi) is 13.0. The van der Waals surface area contributed by atoms with Gasteiger partial charge in [-0.25, -0.2) is 4.79 Å². The van der Waals surface area contributed by atoms with Crippen molar-refractivity contribution in [2.45, 2.75) is 56.0 Å². The molecule has 0 aliphatic rings. The Labute approximate surface area is 264 Å². The molecule has 4 N–H and O–H groups in total. The third kappa shape index (κ3) is 10.1. The highest BCUT2D eigenvalue weighted by atomic mass is 127. The summed E-state index contributed by atoms with van der Waals surface area (Å²) in [6, 6.07) is 17.7. The third-order valence-electron chi connectivity index (χ3n) is 6.64. The lowest BCUT2D eigenvalue weighted by Gasteiger charge is -2.22. The molecule has 11 heteroatoms. The van der Waals surface area contributed by atoms with Gasteiger partial charge in [-0.1, -0.05) is 26.3 Å². The van der Waals surface area contributed by atoms with Crippen LogP contribution in [0, 0.1) is 11.3 Å². The summed E-state index contributed by atoms with van der Waals surface area (Å²) in [4.78, 5) is 25.4. The number of halogens is 2. The number of hydrogen-bond donors (Lipinski definition) is 4. The molecule has 0 fully saturated rings. The number of aliphatic carboxylic acids is 1. The highest BCUT2D eigenvalue weighted by Crippen LogP contribution is 2.34. The Morgan fingerprint density at radius 3 is 2.40 bits per heavy atom. The van der Waals surface area contributed by atoms with Gasteiger partial charge >= 0.3 is 5.97 Å². The van der Waals surface area contributed by atoms with Crippen molar-refractivity contribution in [1.82, 2.24) is 5.32 Å². The van der Waals surface area contributed by atoms with Crippen LogP contribution in [0.4, 0.5) is 15.8 Å². The minimum absolute atomic E-state index is 0.105. The van der Waals surface area contributed by atoms with Gasteiger partial charge in [0.2, 0.25) is 5.91 Å². The van der Waals surface area contributed by atoms with E-state index in [0.29, 0.717) is 58.3 Å². The second-order valence-electron chi connectivity index (χ2n) is 9.99. The number of carboxylic acid groups (broad SMARTS) is 1. The first-order chi connectivity index (χ1) is 20.6. The lowest BCUT2D eigenvalue weighted by atomic mass is 9.92. The van der Waals surface area contributed by atoms with Crippen molar-refractivity contribution in [2.24, 2.45) is 0 Å². The quantitative estimate of drug-likeness (QED) is 0.0721. The summed E-state index contributed by atoms with van der Waals surface area (Å²) >= 11 is 1.53. The van der Waals surface area contributed by atoms with E-state index in [4.69, 9.17) is 14.7 Å². The van der Waals surface area contributed by atoms with Crippen LogP contribution >= 0.6 is 22.6 Å². The maximum absolute atomic E-state index is 13.4. The Morgan fingerprint density at radius 2 is 1.77 bits per heavy atom. The van der Waals surface area contributed by atoms with Gasteiger partial charge in [0.05, 0.1) is 18.2 Å². The smallest absolute Gasteiger partial charge is 0.330 e. The number of alkyl halides is 2. The maximum Gasteiger partial charge on any atom is 0.330 e. The first kappa shape index (κ1) is 33.6. The average Bonchev–Trinajstić information content (AvgIpc) is 2.97. The zero-order valence-corrected chi connectivity index (χ0v) is 26.5. The summed E-state index contributed by atoms with van der Waals surface area (Å²) in [7, 11) is 1.76. The second kappa shape index (κ2) is 16.7. The van der Waals surface area contributed by atoms with Crippen molar-refractivity contribution in [3.05, 3.63) is 82.9 Å². The van der Waals surface area contributed by atoms with Gasteiger partial charge < -0.3 is 30.5 Å². The molecule has 0 aromatic heterocycles. The minimum Gasteiger partial charge on any atom is -0.493 e. The van der Waals surface area contributed by atoms with Crippen LogP contribution in [0.1, 0.15) is 67.3 Å². The van der Waals surface area contributed by atoms with E-state index in [1.165, 1.54) is 22.6 Å². The predicted octanol–water partition coefficient (Wildman–Crippen LogP) is 6.89. The molecule has 3 atom stereocenters.